The molecule has 1 atom stereocenters. The van der Waals surface area contributed by atoms with Crippen molar-refractivity contribution in [2.24, 2.45) is 0 Å². The van der Waals surface area contributed by atoms with Gasteiger partial charge in [-0.1, -0.05) is 30.3 Å². The van der Waals surface area contributed by atoms with E-state index in [0.29, 0.717) is 0 Å². The first kappa shape index (κ1) is 9.58. The van der Waals surface area contributed by atoms with Crippen LogP contribution in [0.2, 0.25) is 0 Å². The summed E-state index contributed by atoms with van der Waals surface area (Å²) in [6.45, 7) is 1.06. The van der Waals surface area contributed by atoms with Crippen molar-refractivity contribution in [3.63, 3.8) is 0 Å². The summed E-state index contributed by atoms with van der Waals surface area (Å²) in [5.74, 6) is -1.53. The lowest BCUT2D eigenvalue weighted by molar-refractivity contribution is -0.120. The molecule has 0 amide bonds. The van der Waals surface area contributed by atoms with E-state index in [-0.39, 0.29) is 5.56 Å². The molecule has 13 heavy (non-hydrogen) atoms. The molecule has 2 nitrogen and oxygen atoms in total. The van der Waals surface area contributed by atoms with Crippen LogP contribution >= 0.6 is 0 Å². The summed E-state index contributed by atoms with van der Waals surface area (Å²) in [5.41, 5.74) is 0.227. The van der Waals surface area contributed by atoms with E-state index < -0.39 is 17.7 Å². The molecule has 0 aliphatic carbocycles. The van der Waals surface area contributed by atoms with Crippen molar-refractivity contribution in [3.8, 4) is 0 Å². The summed E-state index contributed by atoms with van der Waals surface area (Å²) in [6, 6.07) is 7.94. The molecule has 0 heterocycles. The Morgan fingerprint density at radius 2 is 1.77 bits per heavy atom. The molecular formula is C10H9FO2. The van der Waals surface area contributed by atoms with Gasteiger partial charge in [-0.15, -0.1) is 0 Å². The van der Waals surface area contributed by atoms with E-state index in [9.17, 15) is 14.0 Å². The third-order valence-corrected chi connectivity index (χ3v) is 1.65. The van der Waals surface area contributed by atoms with E-state index in [1.165, 1.54) is 12.1 Å². The molecule has 68 valence electrons. The van der Waals surface area contributed by atoms with E-state index >= 15 is 0 Å². The van der Waals surface area contributed by atoms with Gasteiger partial charge in [-0.25, -0.2) is 4.39 Å². The second kappa shape index (κ2) is 3.94. The monoisotopic (exact) mass is 180 g/mol. The fraction of sp³-hybridized carbons (Fsp3) is 0.200. The molecule has 0 aromatic heterocycles. The first-order valence-corrected chi connectivity index (χ1v) is 3.86. The second-order valence-electron chi connectivity index (χ2n) is 2.70. The van der Waals surface area contributed by atoms with Crippen LogP contribution in [0.5, 0.6) is 0 Å². The highest BCUT2D eigenvalue weighted by atomic mass is 19.1. The fourth-order valence-electron chi connectivity index (χ4n) is 0.933. The summed E-state index contributed by atoms with van der Waals surface area (Å²) in [7, 11) is 0. The number of hydrogen-bond donors (Lipinski definition) is 0. The average Bonchev–Trinajstić information content (AvgIpc) is 2.17. The highest BCUT2D eigenvalue weighted by molar-refractivity contribution is 6.12. The predicted octanol–water partition coefficient (Wildman–Crippen LogP) is 1.80. The number of Topliss-reactive ketones (excluding diaryl/α,β-unsaturated/α-hetero) is 2. The Morgan fingerprint density at radius 3 is 2.23 bits per heavy atom. The zero-order valence-electron chi connectivity index (χ0n) is 7.16. The molecule has 0 saturated carbocycles. The van der Waals surface area contributed by atoms with Gasteiger partial charge in [-0.2, -0.15) is 0 Å². The van der Waals surface area contributed by atoms with Crippen LogP contribution in [0.1, 0.15) is 17.3 Å². The number of rotatable bonds is 3. The van der Waals surface area contributed by atoms with Crippen LogP contribution < -0.4 is 0 Å². The first-order valence-electron chi connectivity index (χ1n) is 3.86. The smallest absolute Gasteiger partial charge is 0.220 e. The Labute approximate surface area is 75.4 Å². The average molecular weight is 180 g/mol. The highest BCUT2D eigenvalue weighted by Crippen LogP contribution is 2.06. The minimum Gasteiger partial charge on any atom is -0.296 e. The summed E-state index contributed by atoms with van der Waals surface area (Å²) in [4.78, 5) is 21.8. The van der Waals surface area contributed by atoms with Gasteiger partial charge < -0.3 is 0 Å². The minimum absolute atomic E-state index is 0.227. The number of halogens is 1. The third-order valence-electron chi connectivity index (χ3n) is 1.65. The molecule has 1 aromatic carbocycles. The van der Waals surface area contributed by atoms with E-state index in [0.717, 1.165) is 6.92 Å². The van der Waals surface area contributed by atoms with Gasteiger partial charge in [0.25, 0.3) is 0 Å². The van der Waals surface area contributed by atoms with E-state index in [2.05, 4.69) is 0 Å². The Hall–Kier alpha value is -1.51. The topological polar surface area (TPSA) is 34.1 Å². The minimum atomic E-state index is -2.03. The lowest BCUT2D eigenvalue weighted by Crippen LogP contribution is -2.23. The maximum Gasteiger partial charge on any atom is 0.220 e. The lowest BCUT2D eigenvalue weighted by Gasteiger charge is -2.02. The SMILES string of the molecule is CC(=O)C(F)C(=O)c1ccccc1. The van der Waals surface area contributed by atoms with Gasteiger partial charge in [0, 0.05) is 5.56 Å². The number of carbonyl (C=O) groups excluding carboxylic acids is 2. The molecule has 0 aliphatic heterocycles. The zero-order valence-corrected chi connectivity index (χ0v) is 7.16. The molecule has 0 bridgehead atoms. The number of ketones is 2. The van der Waals surface area contributed by atoms with Gasteiger partial charge in [0.15, 0.2) is 5.78 Å². The largest absolute Gasteiger partial charge is 0.296 e. The van der Waals surface area contributed by atoms with E-state index in [1.54, 1.807) is 18.2 Å². The van der Waals surface area contributed by atoms with Crippen LogP contribution in [0.3, 0.4) is 0 Å². The molecule has 1 unspecified atom stereocenters. The molecule has 3 heteroatoms. The van der Waals surface area contributed by atoms with Gasteiger partial charge in [0.05, 0.1) is 0 Å². The Bertz CT molecular complexity index is 319. The lowest BCUT2D eigenvalue weighted by atomic mass is 10.1. The van der Waals surface area contributed by atoms with Crippen molar-refractivity contribution in [1.82, 2.24) is 0 Å². The molecule has 0 N–H and O–H groups in total. The van der Waals surface area contributed by atoms with Gasteiger partial charge >= 0.3 is 0 Å². The molecule has 1 aromatic rings. The molecule has 0 fully saturated rings. The van der Waals surface area contributed by atoms with Gasteiger partial charge in [0.1, 0.15) is 0 Å². The van der Waals surface area contributed by atoms with Crippen LogP contribution in [0.15, 0.2) is 30.3 Å². The molecular weight excluding hydrogens is 171 g/mol. The van der Waals surface area contributed by atoms with Crippen LogP contribution in [0, 0.1) is 0 Å². The normalized spacial score (nSPS) is 12.2. The van der Waals surface area contributed by atoms with Crippen LogP contribution in [-0.2, 0) is 4.79 Å². The van der Waals surface area contributed by atoms with Crippen LogP contribution in [0.4, 0.5) is 4.39 Å². The predicted molar refractivity (Wildman–Crippen MR) is 46.3 cm³/mol. The van der Waals surface area contributed by atoms with Crippen molar-refractivity contribution in [2.45, 2.75) is 13.1 Å². The molecule has 0 aliphatic rings. The van der Waals surface area contributed by atoms with Crippen molar-refractivity contribution < 1.29 is 14.0 Å². The third kappa shape index (κ3) is 2.21. The van der Waals surface area contributed by atoms with Crippen molar-refractivity contribution in [2.75, 3.05) is 0 Å². The molecule has 1 rings (SSSR count). The second-order valence-corrected chi connectivity index (χ2v) is 2.70. The maximum atomic E-state index is 12.9. The number of hydrogen-bond acceptors (Lipinski definition) is 2. The number of carbonyl (C=O) groups is 2. The zero-order chi connectivity index (χ0) is 9.84. The van der Waals surface area contributed by atoms with E-state index in [1.807, 2.05) is 0 Å². The van der Waals surface area contributed by atoms with Gasteiger partial charge in [0.2, 0.25) is 12.0 Å². The van der Waals surface area contributed by atoms with Crippen LogP contribution in [0.25, 0.3) is 0 Å². The van der Waals surface area contributed by atoms with E-state index in [4.69, 9.17) is 0 Å². The van der Waals surface area contributed by atoms with Gasteiger partial charge in [-0.3, -0.25) is 9.59 Å². The van der Waals surface area contributed by atoms with Crippen molar-refractivity contribution in [3.05, 3.63) is 35.9 Å². The maximum absolute atomic E-state index is 12.9. The van der Waals surface area contributed by atoms with Crippen molar-refractivity contribution >= 4 is 11.6 Å². The highest BCUT2D eigenvalue weighted by Gasteiger charge is 2.22. The van der Waals surface area contributed by atoms with Crippen molar-refractivity contribution in [1.29, 1.82) is 0 Å². The standard InChI is InChI=1S/C10H9FO2/c1-7(12)9(11)10(13)8-5-3-2-4-6-8/h2-6,9H,1H3. The first-order chi connectivity index (χ1) is 6.13. The molecule has 0 saturated heterocycles. The summed E-state index contributed by atoms with van der Waals surface area (Å²) in [5, 5.41) is 0. The number of alkyl halides is 1. The Kier molecular flexibility index (Phi) is 2.90. The summed E-state index contributed by atoms with van der Waals surface area (Å²) in [6.07, 6.45) is -2.03. The molecule has 0 spiro atoms. The fourth-order valence-corrected chi connectivity index (χ4v) is 0.933. The van der Waals surface area contributed by atoms with Crippen LogP contribution in [-0.4, -0.2) is 17.7 Å². The molecule has 0 radical (unpaired) electrons. The summed E-state index contributed by atoms with van der Waals surface area (Å²) >= 11 is 0. The quantitative estimate of drug-likeness (QED) is 0.525. The van der Waals surface area contributed by atoms with Gasteiger partial charge in [-0.05, 0) is 6.92 Å². The summed E-state index contributed by atoms with van der Waals surface area (Å²) < 4.78 is 12.9. The number of benzene rings is 1. The Balaban J connectivity index is 2.86. The Morgan fingerprint density at radius 1 is 1.23 bits per heavy atom.